The second-order valence-corrected chi connectivity index (χ2v) is 16.4. The van der Waals surface area contributed by atoms with Gasteiger partial charge in [-0.1, -0.05) is 101 Å². The Bertz CT molecular complexity index is 2380. The number of ether oxygens (including phenoxy) is 1. The van der Waals surface area contributed by atoms with Crippen LogP contribution in [0.5, 0.6) is 11.5 Å². The zero-order valence-corrected chi connectivity index (χ0v) is 31.6. The summed E-state index contributed by atoms with van der Waals surface area (Å²) in [4.78, 5) is 10.3. The lowest BCUT2D eigenvalue weighted by atomic mass is 9.86. The van der Waals surface area contributed by atoms with Crippen molar-refractivity contribution in [3.05, 3.63) is 167 Å². The van der Waals surface area contributed by atoms with E-state index in [2.05, 4.69) is 167 Å². The number of benzene rings is 5. The SMILES string of the molecule is Cc1cc(Oc2cc(C3=N[C@H](C(c4ccccc4)c4ccccc4)CS3)cc(C(C)C)c2)cc(-n2c3ccc(C(C)(C)C)cc3c3cccnc32)c1. The first-order chi connectivity index (χ1) is 25.1. The van der Waals surface area contributed by atoms with Gasteiger partial charge in [0.1, 0.15) is 17.1 Å². The predicted octanol–water partition coefficient (Wildman–Crippen LogP) is 12.4. The highest BCUT2D eigenvalue weighted by Gasteiger charge is 2.30. The highest BCUT2D eigenvalue weighted by Crippen LogP contribution is 2.40. The second-order valence-electron chi connectivity index (χ2n) is 15.4. The molecule has 0 aliphatic carbocycles. The number of hydrogen-bond donors (Lipinski definition) is 0. The third kappa shape index (κ3) is 6.66. The first-order valence-corrected chi connectivity index (χ1v) is 19.3. The number of aromatic nitrogens is 2. The van der Waals surface area contributed by atoms with Crippen LogP contribution in [-0.2, 0) is 5.41 Å². The molecule has 0 saturated heterocycles. The van der Waals surface area contributed by atoms with Crippen LogP contribution in [0, 0.1) is 6.92 Å². The molecule has 1 aliphatic heterocycles. The Hall–Kier alpha value is -5.13. The molecule has 3 heterocycles. The van der Waals surface area contributed by atoms with Crippen molar-refractivity contribution in [2.75, 3.05) is 5.75 Å². The Labute approximate surface area is 311 Å². The molecule has 5 heteroatoms. The maximum atomic E-state index is 6.79. The van der Waals surface area contributed by atoms with Crippen LogP contribution < -0.4 is 4.74 Å². The molecule has 4 nitrogen and oxygen atoms in total. The number of aliphatic imine (C=N–C) groups is 1. The minimum atomic E-state index is 0.0491. The summed E-state index contributed by atoms with van der Waals surface area (Å²) in [5.74, 6) is 3.07. The normalized spacial score (nSPS) is 14.8. The molecule has 0 bridgehead atoms. The minimum Gasteiger partial charge on any atom is -0.457 e. The Morgan fingerprint density at radius 1 is 0.731 bits per heavy atom. The van der Waals surface area contributed by atoms with Gasteiger partial charge in [-0.3, -0.25) is 9.56 Å². The molecule has 0 amide bonds. The van der Waals surface area contributed by atoms with Gasteiger partial charge >= 0.3 is 0 Å². The van der Waals surface area contributed by atoms with Gasteiger partial charge in [-0.2, -0.15) is 0 Å². The van der Waals surface area contributed by atoms with Crippen LogP contribution in [-0.4, -0.2) is 26.4 Å². The summed E-state index contributed by atoms with van der Waals surface area (Å²) in [5, 5.41) is 3.44. The molecule has 0 unspecified atom stereocenters. The van der Waals surface area contributed by atoms with Crippen molar-refractivity contribution in [1.29, 1.82) is 0 Å². The van der Waals surface area contributed by atoms with Crippen molar-refractivity contribution in [2.24, 2.45) is 4.99 Å². The molecule has 0 fully saturated rings. The van der Waals surface area contributed by atoms with Crippen LogP contribution in [0.4, 0.5) is 0 Å². The van der Waals surface area contributed by atoms with Gasteiger partial charge in [0.05, 0.1) is 22.3 Å². The number of nitrogens with zero attached hydrogens (tertiary/aromatic N) is 3. The summed E-state index contributed by atoms with van der Waals surface area (Å²) in [6.45, 7) is 13.4. The van der Waals surface area contributed by atoms with E-state index in [1.54, 1.807) is 0 Å². The summed E-state index contributed by atoms with van der Waals surface area (Å²) in [6, 6.07) is 45.9. The molecule has 1 atom stereocenters. The molecule has 2 aromatic heterocycles. The van der Waals surface area contributed by atoms with Crippen molar-refractivity contribution in [3.63, 3.8) is 0 Å². The van der Waals surface area contributed by atoms with Crippen molar-refractivity contribution in [3.8, 4) is 17.2 Å². The molecule has 5 aromatic carbocycles. The third-order valence-corrected chi connectivity index (χ3v) is 11.3. The zero-order chi connectivity index (χ0) is 36.0. The van der Waals surface area contributed by atoms with Crippen molar-refractivity contribution >= 4 is 38.7 Å². The van der Waals surface area contributed by atoms with Crippen molar-refractivity contribution in [1.82, 2.24) is 9.55 Å². The molecule has 1 aliphatic rings. The molecule has 7 aromatic rings. The monoisotopic (exact) mass is 699 g/mol. The van der Waals surface area contributed by atoms with Crippen LogP contribution in [0.25, 0.3) is 27.6 Å². The van der Waals surface area contributed by atoms with E-state index in [4.69, 9.17) is 14.7 Å². The highest BCUT2D eigenvalue weighted by atomic mass is 32.2. The third-order valence-electron chi connectivity index (χ3n) is 10.1. The Morgan fingerprint density at radius 2 is 1.44 bits per heavy atom. The number of hydrogen-bond acceptors (Lipinski definition) is 4. The van der Waals surface area contributed by atoms with Gasteiger partial charge in [0.2, 0.25) is 0 Å². The van der Waals surface area contributed by atoms with E-state index in [-0.39, 0.29) is 17.4 Å². The maximum Gasteiger partial charge on any atom is 0.145 e. The van der Waals surface area contributed by atoms with Crippen molar-refractivity contribution < 1.29 is 4.74 Å². The molecule has 260 valence electrons. The summed E-state index contributed by atoms with van der Waals surface area (Å²) in [6.07, 6.45) is 1.88. The number of pyridine rings is 1. The molecular formula is C47H45N3OS. The quantitative estimate of drug-likeness (QED) is 0.158. The molecular weight excluding hydrogens is 655 g/mol. The molecule has 0 radical (unpaired) electrons. The lowest BCUT2D eigenvalue weighted by Crippen LogP contribution is -2.18. The second kappa shape index (κ2) is 13.8. The highest BCUT2D eigenvalue weighted by molar-refractivity contribution is 8.14. The summed E-state index contributed by atoms with van der Waals surface area (Å²) in [7, 11) is 0. The molecule has 0 saturated carbocycles. The van der Waals surface area contributed by atoms with E-state index < -0.39 is 0 Å². The summed E-state index contributed by atoms with van der Waals surface area (Å²) in [5.41, 5.74) is 10.5. The average molecular weight is 700 g/mol. The lowest BCUT2D eigenvalue weighted by molar-refractivity contribution is 0.481. The van der Waals surface area contributed by atoms with Crippen LogP contribution >= 0.6 is 11.8 Å². The van der Waals surface area contributed by atoms with Gasteiger partial charge in [0, 0.05) is 40.3 Å². The van der Waals surface area contributed by atoms with Crippen LogP contribution in [0.2, 0.25) is 0 Å². The predicted molar refractivity (Wildman–Crippen MR) is 220 cm³/mol. The fourth-order valence-electron chi connectivity index (χ4n) is 7.44. The Balaban J connectivity index is 1.16. The number of aryl methyl sites for hydroxylation is 1. The van der Waals surface area contributed by atoms with Gasteiger partial charge in [-0.05, 0) is 101 Å². The number of rotatable bonds is 8. The topological polar surface area (TPSA) is 39.4 Å². The summed E-state index contributed by atoms with van der Waals surface area (Å²) >= 11 is 1.85. The minimum absolute atomic E-state index is 0.0491. The Kier molecular flexibility index (Phi) is 9.00. The fraction of sp³-hybridized carbons (Fsp3) is 0.234. The van der Waals surface area contributed by atoms with Gasteiger partial charge in [0.15, 0.2) is 0 Å². The van der Waals surface area contributed by atoms with E-state index in [1.807, 2.05) is 24.0 Å². The Morgan fingerprint density at radius 3 is 2.13 bits per heavy atom. The van der Waals surface area contributed by atoms with Crippen LogP contribution in [0.3, 0.4) is 0 Å². The van der Waals surface area contributed by atoms with Gasteiger partial charge in [-0.15, -0.1) is 11.8 Å². The molecule has 8 rings (SSSR count). The van der Waals surface area contributed by atoms with Gasteiger partial charge in [0.25, 0.3) is 0 Å². The smallest absolute Gasteiger partial charge is 0.145 e. The first kappa shape index (κ1) is 34.0. The standard InChI is InChI=1S/C47H45N3OS/c1-30(2)34-24-35(46-49-42(29-52-46)44(32-14-9-7-10-15-32)33-16-11-8-12-17-33)26-39(25-34)51-38-23-31(3)22-37(28-38)50-43-20-19-36(47(4,5)6)27-41(43)40-18-13-21-48-45(40)50/h7-28,30,42,44H,29H2,1-6H3/t42-/m0/s1. The lowest BCUT2D eigenvalue weighted by Gasteiger charge is -2.22. The van der Waals surface area contributed by atoms with E-state index in [9.17, 15) is 0 Å². The number of fused-ring (bicyclic) bond motifs is 3. The number of thioether (sulfide) groups is 1. The first-order valence-electron chi connectivity index (χ1n) is 18.3. The molecule has 52 heavy (non-hydrogen) atoms. The van der Waals surface area contributed by atoms with Gasteiger partial charge in [-0.25, -0.2) is 4.98 Å². The van der Waals surface area contributed by atoms with E-state index in [0.29, 0.717) is 5.92 Å². The van der Waals surface area contributed by atoms with E-state index >= 15 is 0 Å². The van der Waals surface area contributed by atoms with Crippen LogP contribution in [0.15, 0.2) is 139 Å². The summed E-state index contributed by atoms with van der Waals surface area (Å²) < 4.78 is 9.06. The fourth-order valence-corrected chi connectivity index (χ4v) is 8.53. The van der Waals surface area contributed by atoms with E-state index in [1.165, 1.54) is 27.6 Å². The van der Waals surface area contributed by atoms with Gasteiger partial charge < -0.3 is 4.74 Å². The largest absolute Gasteiger partial charge is 0.457 e. The van der Waals surface area contributed by atoms with Crippen LogP contribution in [0.1, 0.15) is 79.8 Å². The average Bonchev–Trinajstić information content (AvgIpc) is 3.75. The zero-order valence-electron chi connectivity index (χ0n) is 30.8. The molecule has 0 N–H and O–H groups in total. The molecule has 0 spiro atoms. The van der Waals surface area contributed by atoms with E-state index in [0.717, 1.165) is 55.7 Å². The maximum absolute atomic E-state index is 6.79. The van der Waals surface area contributed by atoms with Crippen molar-refractivity contribution in [2.45, 2.75) is 64.8 Å².